The number of nitrogens with zero attached hydrogens (tertiary/aromatic N) is 1. The molecule has 16 heavy (non-hydrogen) atoms. The van der Waals surface area contributed by atoms with E-state index in [1.54, 1.807) is 6.07 Å². The van der Waals surface area contributed by atoms with Crippen molar-refractivity contribution in [2.45, 2.75) is 6.04 Å². The van der Waals surface area contributed by atoms with Gasteiger partial charge in [0.15, 0.2) is 0 Å². The Hall–Kier alpha value is -0.480. The molecule has 1 heterocycles. The maximum Gasteiger partial charge on any atom is 0.0441 e. The van der Waals surface area contributed by atoms with Crippen LogP contribution in [0.15, 0.2) is 18.2 Å². The second kappa shape index (κ2) is 5.23. The van der Waals surface area contributed by atoms with Crippen molar-refractivity contribution in [2.75, 3.05) is 31.1 Å². The molecular formula is C11H15Cl2N3. The molecule has 0 radical (unpaired) electrons. The minimum Gasteiger partial charge on any atom is -0.369 e. The number of rotatable bonds is 2. The Balaban J connectivity index is 2.16. The fourth-order valence-corrected chi connectivity index (χ4v) is 2.45. The molecular weight excluding hydrogens is 245 g/mol. The third kappa shape index (κ3) is 2.80. The smallest absolute Gasteiger partial charge is 0.0441 e. The number of nitrogens with two attached hydrogens (primary N) is 1. The maximum absolute atomic E-state index is 5.99. The van der Waals surface area contributed by atoms with E-state index in [0.29, 0.717) is 22.6 Å². The molecule has 5 heteroatoms. The molecule has 88 valence electrons. The van der Waals surface area contributed by atoms with Gasteiger partial charge in [-0.3, -0.25) is 0 Å². The van der Waals surface area contributed by atoms with Gasteiger partial charge in [-0.15, -0.1) is 0 Å². The number of benzene rings is 1. The van der Waals surface area contributed by atoms with Gasteiger partial charge in [0.2, 0.25) is 0 Å². The van der Waals surface area contributed by atoms with E-state index in [0.717, 1.165) is 25.3 Å². The number of nitrogens with one attached hydrogen (secondary N) is 1. The number of hydrogen-bond donors (Lipinski definition) is 2. The van der Waals surface area contributed by atoms with Crippen molar-refractivity contribution < 1.29 is 0 Å². The molecule has 1 atom stereocenters. The maximum atomic E-state index is 5.99. The van der Waals surface area contributed by atoms with Gasteiger partial charge >= 0.3 is 0 Å². The van der Waals surface area contributed by atoms with E-state index in [4.69, 9.17) is 28.9 Å². The Bertz CT molecular complexity index is 350. The normalized spacial score (nSPS) is 21.2. The molecule has 1 aliphatic heterocycles. The van der Waals surface area contributed by atoms with E-state index >= 15 is 0 Å². The van der Waals surface area contributed by atoms with E-state index in [-0.39, 0.29) is 0 Å². The van der Waals surface area contributed by atoms with Crippen LogP contribution >= 0.6 is 23.2 Å². The topological polar surface area (TPSA) is 41.3 Å². The molecule has 0 aromatic heterocycles. The highest BCUT2D eigenvalue weighted by molar-refractivity contribution is 6.35. The Morgan fingerprint density at radius 1 is 1.31 bits per heavy atom. The van der Waals surface area contributed by atoms with Crippen LogP contribution < -0.4 is 16.0 Å². The first-order chi connectivity index (χ1) is 7.69. The number of hydrogen-bond acceptors (Lipinski definition) is 3. The SMILES string of the molecule is NCC1CN(c2cc(Cl)cc(Cl)c2)CCN1. The van der Waals surface area contributed by atoms with Crippen LogP contribution in [0.3, 0.4) is 0 Å². The summed E-state index contributed by atoms with van der Waals surface area (Å²) in [4.78, 5) is 2.26. The first kappa shape index (κ1) is 12.0. The molecule has 3 nitrogen and oxygen atoms in total. The summed E-state index contributed by atoms with van der Waals surface area (Å²) in [6.07, 6.45) is 0. The van der Waals surface area contributed by atoms with Gasteiger partial charge in [-0.2, -0.15) is 0 Å². The lowest BCUT2D eigenvalue weighted by Crippen LogP contribution is -2.53. The molecule has 0 aliphatic carbocycles. The molecule has 0 saturated carbocycles. The van der Waals surface area contributed by atoms with Crippen LogP contribution in [0.2, 0.25) is 10.0 Å². The summed E-state index contributed by atoms with van der Waals surface area (Å²) in [6.45, 7) is 3.43. The second-order valence-electron chi connectivity index (χ2n) is 3.96. The standard InChI is InChI=1S/C11H15Cl2N3/c12-8-3-9(13)5-11(4-8)16-2-1-15-10(6-14)7-16/h3-5,10,15H,1-2,6-7,14H2. The van der Waals surface area contributed by atoms with E-state index in [9.17, 15) is 0 Å². The van der Waals surface area contributed by atoms with Crippen LogP contribution in [0.25, 0.3) is 0 Å². The lowest BCUT2D eigenvalue weighted by Gasteiger charge is -2.34. The fourth-order valence-electron chi connectivity index (χ4n) is 1.94. The molecule has 1 aromatic carbocycles. The van der Waals surface area contributed by atoms with Crippen molar-refractivity contribution in [1.29, 1.82) is 0 Å². The molecule has 1 aliphatic rings. The molecule has 1 saturated heterocycles. The highest BCUT2D eigenvalue weighted by Crippen LogP contribution is 2.25. The molecule has 0 bridgehead atoms. The van der Waals surface area contributed by atoms with E-state index in [2.05, 4.69) is 10.2 Å². The average molecular weight is 260 g/mol. The zero-order chi connectivity index (χ0) is 11.5. The van der Waals surface area contributed by atoms with Gasteiger partial charge in [0.1, 0.15) is 0 Å². The number of anilines is 1. The van der Waals surface area contributed by atoms with Crippen molar-refractivity contribution >= 4 is 28.9 Å². The largest absolute Gasteiger partial charge is 0.369 e. The lowest BCUT2D eigenvalue weighted by molar-refractivity contribution is 0.463. The first-order valence-corrected chi connectivity index (χ1v) is 6.09. The highest BCUT2D eigenvalue weighted by Gasteiger charge is 2.18. The van der Waals surface area contributed by atoms with Gasteiger partial charge in [-0.05, 0) is 18.2 Å². The van der Waals surface area contributed by atoms with Crippen molar-refractivity contribution in [3.63, 3.8) is 0 Å². The Morgan fingerprint density at radius 3 is 2.62 bits per heavy atom. The molecule has 1 fully saturated rings. The summed E-state index contributed by atoms with van der Waals surface area (Å²) >= 11 is 12.0. The summed E-state index contributed by atoms with van der Waals surface area (Å²) in [5, 5.41) is 4.71. The Labute approximate surface area is 106 Å². The minimum atomic E-state index is 0.339. The monoisotopic (exact) mass is 259 g/mol. The third-order valence-corrected chi connectivity index (χ3v) is 3.19. The molecule has 3 N–H and O–H groups in total. The zero-order valence-electron chi connectivity index (χ0n) is 8.92. The van der Waals surface area contributed by atoms with Crippen LogP contribution in [0.5, 0.6) is 0 Å². The fraction of sp³-hybridized carbons (Fsp3) is 0.455. The van der Waals surface area contributed by atoms with E-state index < -0.39 is 0 Å². The van der Waals surface area contributed by atoms with Gasteiger partial charge < -0.3 is 16.0 Å². The van der Waals surface area contributed by atoms with E-state index in [1.807, 2.05) is 12.1 Å². The predicted molar refractivity (Wildman–Crippen MR) is 69.5 cm³/mol. The summed E-state index contributed by atoms with van der Waals surface area (Å²) in [6, 6.07) is 5.96. The molecule has 1 aromatic rings. The third-order valence-electron chi connectivity index (χ3n) is 2.75. The molecule has 0 amide bonds. The Kier molecular flexibility index (Phi) is 3.92. The quantitative estimate of drug-likeness (QED) is 0.850. The van der Waals surface area contributed by atoms with Crippen LogP contribution in [0.4, 0.5) is 5.69 Å². The first-order valence-electron chi connectivity index (χ1n) is 5.33. The van der Waals surface area contributed by atoms with Crippen molar-refractivity contribution in [3.05, 3.63) is 28.2 Å². The summed E-state index contributed by atoms with van der Waals surface area (Å²) in [7, 11) is 0. The minimum absolute atomic E-state index is 0.339. The Morgan fingerprint density at radius 2 is 2.00 bits per heavy atom. The highest BCUT2D eigenvalue weighted by atomic mass is 35.5. The predicted octanol–water partition coefficient (Wildman–Crippen LogP) is 1.73. The summed E-state index contributed by atoms with van der Waals surface area (Å²) in [5.74, 6) is 0. The second-order valence-corrected chi connectivity index (χ2v) is 4.83. The molecule has 1 unspecified atom stereocenters. The van der Waals surface area contributed by atoms with Crippen molar-refractivity contribution in [3.8, 4) is 0 Å². The van der Waals surface area contributed by atoms with E-state index in [1.165, 1.54) is 0 Å². The number of halogens is 2. The van der Waals surface area contributed by atoms with Gasteiger partial charge in [-0.1, -0.05) is 23.2 Å². The van der Waals surface area contributed by atoms with Crippen molar-refractivity contribution in [2.24, 2.45) is 5.73 Å². The van der Waals surface area contributed by atoms with Crippen LogP contribution in [0.1, 0.15) is 0 Å². The van der Waals surface area contributed by atoms with Gasteiger partial charge in [0.05, 0.1) is 0 Å². The van der Waals surface area contributed by atoms with Gasteiger partial charge in [0.25, 0.3) is 0 Å². The number of piperazine rings is 1. The van der Waals surface area contributed by atoms with Gasteiger partial charge in [0, 0.05) is 48.0 Å². The summed E-state index contributed by atoms with van der Waals surface area (Å²) in [5.41, 5.74) is 6.73. The summed E-state index contributed by atoms with van der Waals surface area (Å²) < 4.78 is 0. The van der Waals surface area contributed by atoms with Gasteiger partial charge in [-0.25, -0.2) is 0 Å². The van der Waals surface area contributed by atoms with Crippen LogP contribution in [-0.4, -0.2) is 32.2 Å². The zero-order valence-corrected chi connectivity index (χ0v) is 10.4. The molecule has 2 rings (SSSR count). The van der Waals surface area contributed by atoms with Crippen molar-refractivity contribution in [1.82, 2.24) is 5.32 Å². The van der Waals surface area contributed by atoms with Crippen LogP contribution in [-0.2, 0) is 0 Å². The average Bonchev–Trinajstić information content (AvgIpc) is 2.28. The molecule has 0 spiro atoms. The lowest BCUT2D eigenvalue weighted by atomic mass is 10.2. The van der Waals surface area contributed by atoms with Crippen LogP contribution in [0, 0.1) is 0 Å².